The summed E-state index contributed by atoms with van der Waals surface area (Å²) in [7, 11) is -2.96. The number of halogens is 2. The van der Waals surface area contributed by atoms with Crippen molar-refractivity contribution in [3.05, 3.63) is 65.7 Å². The maximum absolute atomic E-state index is 13.7. The smallest absolute Gasteiger partial charge is 0.207 e. The molecule has 0 fully saturated rings. The van der Waals surface area contributed by atoms with E-state index in [1.54, 1.807) is 37.3 Å². The molecule has 0 saturated heterocycles. The third kappa shape index (κ3) is 2.96. The van der Waals surface area contributed by atoms with Gasteiger partial charge < -0.3 is 0 Å². The van der Waals surface area contributed by atoms with Gasteiger partial charge in [0.15, 0.2) is 4.90 Å². The zero-order valence-corrected chi connectivity index (χ0v) is 12.4. The van der Waals surface area contributed by atoms with Crippen LogP contribution in [0.4, 0.5) is 8.78 Å². The van der Waals surface area contributed by atoms with Gasteiger partial charge in [0.1, 0.15) is 11.6 Å². The van der Waals surface area contributed by atoms with Crippen LogP contribution in [0.25, 0.3) is 0 Å². The van der Waals surface area contributed by atoms with Crippen LogP contribution in [0, 0.1) is 11.6 Å². The van der Waals surface area contributed by atoms with Gasteiger partial charge in [0, 0.05) is 13.1 Å². The number of rotatable bonds is 4. The molecule has 0 spiro atoms. The van der Waals surface area contributed by atoms with Crippen molar-refractivity contribution in [2.24, 2.45) is 0 Å². The lowest BCUT2D eigenvalue weighted by Gasteiger charge is -2.25. The highest BCUT2D eigenvalue weighted by Gasteiger charge is 2.31. The Morgan fingerprint density at radius 3 is 2.00 bits per heavy atom. The topological polar surface area (TPSA) is 37.4 Å². The summed E-state index contributed by atoms with van der Waals surface area (Å²) in [6, 6.07) is 11.3. The van der Waals surface area contributed by atoms with Crippen molar-refractivity contribution in [2.45, 2.75) is 17.9 Å². The largest absolute Gasteiger partial charge is 0.249 e. The zero-order chi connectivity index (χ0) is 15.6. The van der Waals surface area contributed by atoms with Crippen LogP contribution in [-0.2, 0) is 10.0 Å². The fraction of sp³-hybridized carbons (Fsp3) is 0.200. The quantitative estimate of drug-likeness (QED) is 0.868. The molecule has 3 nitrogen and oxygen atoms in total. The van der Waals surface area contributed by atoms with Crippen LogP contribution in [0.3, 0.4) is 0 Å². The third-order valence-corrected chi connectivity index (χ3v) is 5.36. The van der Waals surface area contributed by atoms with Crippen molar-refractivity contribution in [2.75, 3.05) is 7.05 Å². The number of nitrogens with zero attached hydrogens (tertiary/aromatic N) is 1. The molecule has 0 amide bonds. The highest BCUT2D eigenvalue weighted by molar-refractivity contribution is 7.89. The average molecular weight is 311 g/mol. The summed E-state index contributed by atoms with van der Waals surface area (Å²) in [5.41, 5.74) is 0.736. The van der Waals surface area contributed by atoms with Gasteiger partial charge in [-0.05, 0) is 24.6 Å². The second-order valence-electron chi connectivity index (χ2n) is 4.66. The van der Waals surface area contributed by atoms with Gasteiger partial charge in [0.25, 0.3) is 0 Å². The molecule has 0 aliphatic rings. The Labute approximate surface area is 122 Å². The van der Waals surface area contributed by atoms with Crippen LogP contribution in [0.5, 0.6) is 0 Å². The summed E-state index contributed by atoms with van der Waals surface area (Å²) in [6.07, 6.45) is 0. The van der Waals surface area contributed by atoms with E-state index in [1.165, 1.54) is 7.05 Å². The van der Waals surface area contributed by atoms with E-state index in [9.17, 15) is 17.2 Å². The first-order chi connectivity index (χ1) is 9.85. The minimum atomic E-state index is -4.26. The second-order valence-corrected chi connectivity index (χ2v) is 6.59. The standard InChI is InChI=1S/C15H15F2NO2S/c1-11(12-7-4-3-5-8-12)18(2)21(19,20)15-13(16)9-6-10-14(15)17/h3-11H,1-2H3. The van der Waals surface area contributed by atoms with Crippen molar-refractivity contribution in [3.8, 4) is 0 Å². The van der Waals surface area contributed by atoms with Gasteiger partial charge in [-0.25, -0.2) is 17.2 Å². The lowest BCUT2D eigenvalue weighted by molar-refractivity contribution is 0.390. The zero-order valence-electron chi connectivity index (χ0n) is 11.6. The molecule has 0 saturated carbocycles. The lowest BCUT2D eigenvalue weighted by atomic mass is 10.1. The Morgan fingerprint density at radius 2 is 1.48 bits per heavy atom. The van der Waals surface area contributed by atoms with Crippen molar-refractivity contribution in [3.63, 3.8) is 0 Å². The second kappa shape index (κ2) is 5.91. The lowest BCUT2D eigenvalue weighted by Crippen LogP contribution is -2.31. The first-order valence-electron chi connectivity index (χ1n) is 6.32. The first-order valence-corrected chi connectivity index (χ1v) is 7.76. The summed E-state index contributed by atoms with van der Waals surface area (Å²) in [6.45, 7) is 1.66. The number of hydrogen-bond acceptors (Lipinski definition) is 2. The Kier molecular flexibility index (Phi) is 4.39. The van der Waals surface area contributed by atoms with Gasteiger partial charge in [-0.2, -0.15) is 4.31 Å². The number of benzene rings is 2. The monoisotopic (exact) mass is 311 g/mol. The third-order valence-electron chi connectivity index (χ3n) is 3.38. The molecular weight excluding hydrogens is 296 g/mol. The van der Waals surface area contributed by atoms with Gasteiger partial charge in [-0.1, -0.05) is 36.4 Å². The molecular formula is C15H15F2NO2S. The minimum Gasteiger partial charge on any atom is -0.207 e. The molecule has 0 radical (unpaired) electrons. The molecule has 1 unspecified atom stereocenters. The van der Waals surface area contributed by atoms with Gasteiger partial charge in [-0.15, -0.1) is 0 Å². The molecule has 6 heteroatoms. The summed E-state index contributed by atoms with van der Waals surface area (Å²) < 4.78 is 53.3. The van der Waals surface area contributed by atoms with Crippen LogP contribution in [-0.4, -0.2) is 19.8 Å². The molecule has 2 aromatic rings. The molecule has 0 N–H and O–H groups in total. The molecule has 0 aliphatic heterocycles. The summed E-state index contributed by atoms with van der Waals surface area (Å²) in [5.74, 6) is -2.19. The van der Waals surface area contributed by atoms with E-state index >= 15 is 0 Å². The number of sulfonamides is 1. The Morgan fingerprint density at radius 1 is 0.952 bits per heavy atom. The van der Waals surface area contributed by atoms with Crippen LogP contribution in [0.15, 0.2) is 53.4 Å². The summed E-state index contributed by atoms with van der Waals surface area (Å²) >= 11 is 0. The molecule has 2 aromatic carbocycles. The van der Waals surface area contributed by atoms with E-state index in [0.29, 0.717) is 0 Å². The van der Waals surface area contributed by atoms with Crippen molar-refractivity contribution in [1.82, 2.24) is 4.31 Å². The van der Waals surface area contributed by atoms with E-state index in [4.69, 9.17) is 0 Å². The number of hydrogen-bond donors (Lipinski definition) is 0. The predicted octanol–water partition coefficient (Wildman–Crippen LogP) is 3.35. The SMILES string of the molecule is CC(c1ccccc1)N(C)S(=O)(=O)c1c(F)cccc1F. The van der Waals surface area contributed by atoms with E-state index in [-0.39, 0.29) is 0 Å². The normalized spacial score (nSPS) is 13.4. The maximum atomic E-state index is 13.7. The molecule has 0 aliphatic carbocycles. The fourth-order valence-electron chi connectivity index (χ4n) is 2.02. The van der Waals surface area contributed by atoms with Gasteiger partial charge >= 0.3 is 0 Å². The van der Waals surface area contributed by atoms with E-state index in [2.05, 4.69) is 0 Å². The van der Waals surface area contributed by atoms with Crippen molar-refractivity contribution < 1.29 is 17.2 Å². The maximum Gasteiger partial charge on any atom is 0.249 e. The van der Waals surface area contributed by atoms with Crippen molar-refractivity contribution in [1.29, 1.82) is 0 Å². The fourth-order valence-corrected chi connectivity index (χ4v) is 3.48. The minimum absolute atomic E-state index is 0.546. The molecule has 1 atom stereocenters. The highest BCUT2D eigenvalue weighted by Crippen LogP contribution is 2.28. The van der Waals surface area contributed by atoms with E-state index in [0.717, 1.165) is 28.1 Å². The van der Waals surface area contributed by atoms with Gasteiger partial charge in [0.05, 0.1) is 0 Å². The van der Waals surface area contributed by atoms with Crippen LogP contribution < -0.4 is 0 Å². The predicted molar refractivity (Wildman–Crippen MR) is 76.2 cm³/mol. The van der Waals surface area contributed by atoms with E-state index in [1.807, 2.05) is 0 Å². The Hall–Kier alpha value is -1.79. The molecule has 0 bridgehead atoms. The summed E-state index contributed by atoms with van der Waals surface area (Å²) in [5, 5.41) is 0. The highest BCUT2D eigenvalue weighted by atomic mass is 32.2. The van der Waals surface area contributed by atoms with Crippen molar-refractivity contribution >= 4 is 10.0 Å². The van der Waals surface area contributed by atoms with Gasteiger partial charge in [-0.3, -0.25) is 0 Å². The molecule has 0 heterocycles. The summed E-state index contributed by atoms with van der Waals surface area (Å²) in [4.78, 5) is -0.921. The van der Waals surface area contributed by atoms with Crippen LogP contribution in [0.1, 0.15) is 18.5 Å². The van der Waals surface area contributed by atoms with Crippen LogP contribution in [0.2, 0.25) is 0 Å². The Bertz CT molecular complexity index is 712. The molecule has 112 valence electrons. The van der Waals surface area contributed by atoms with E-state index < -0.39 is 32.6 Å². The molecule has 2 rings (SSSR count). The molecule has 21 heavy (non-hydrogen) atoms. The Balaban J connectivity index is 2.45. The average Bonchev–Trinajstić information content (AvgIpc) is 2.46. The first kappa shape index (κ1) is 15.6. The molecule has 0 aromatic heterocycles. The van der Waals surface area contributed by atoms with Gasteiger partial charge in [0.2, 0.25) is 10.0 Å². The van der Waals surface area contributed by atoms with Crippen LogP contribution >= 0.6 is 0 Å².